The quantitative estimate of drug-likeness (QED) is 0.351. The maximum Gasteiger partial charge on any atom is 0.239 e. The van der Waals surface area contributed by atoms with Gasteiger partial charge < -0.3 is 9.47 Å². The number of hydrogen-bond donors (Lipinski definition) is 1. The van der Waals surface area contributed by atoms with Gasteiger partial charge in [-0.1, -0.05) is 13.0 Å². The lowest BCUT2D eigenvalue weighted by molar-refractivity contribution is 0.391. The van der Waals surface area contributed by atoms with Crippen molar-refractivity contribution in [2.24, 2.45) is 0 Å². The maximum absolute atomic E-state index is 5.67. The number of benzene rings is 1. The largest absolute Gasteiger partial charge is 0.494 e. The molecule has 0 bridgehead atoms. The first-order valence-electron chi connectivity index (χ1n) is 10.8. The Morgan fingerprint density at radius 3 is 2.32 bits per heavy atom. The molecule has 9 nitrogen and oxygen atoms in total. The predicted octanol–water partition coefficient (Wildman–Crippen LogP) is 4.44. The van der Waals surface area contributed by atoms with Gasteiger partial charge in [-0.2, -0.15) is 0 Å². The van der Waals surface area contributed by atoms with Crippen LogP contribution in [0.3, 0.4) is 0 Å². The standard InChI is InChI=1S/C24H27N7O2S/c1-15-9-18(14-25-11-15)23-28-29-24(30-34-17(3)10-21-26-12-16(2)13-27-21)31(23)22-19(32-4)7-6-8-20(22)33-5/h6-9,11-14,17H,10H2,1-5H3,(H,29,30)/t17-/m0/s1. The summed E-state index contributed by atoms with van der Waals surface area (Å²) in [7, 11) is 3.25. The number of nitrogens with zero attached hydrogens (tertiary/aromatic N) is 6. The van der Waals surface area contributed by atoms with Crippen molar-refractivity contribution in [2.75, 3.05) is 18.9 Å². The third-order valence-electron chi connectivity index (χ3n) is 5.08. The van der Waals surface area contributed by atoms with Gasteiger partial charge in [0.25, 0.3) is 0 Å². The molecule has 3 heterocycles. The van der Waals surface area contributed by atoms with E-state index in [-0.39, 0.29) is 5.25 Å². The number of para-hydroxylation sites is 1. The van der Waals surface area contributed by atoms with E-state index in [1.807, 2.05) is 55.1 Å². The minimum absolute atomic E-state index is 0.177. The van der Waals surface area contributed by atoms with Crippen LogP contribution in [-0.2, 0) is 6.42 Å². The smallest absolute Gasteiger partial charge is 0.239 e. The highest BCUT2D eigenvalue weighted by atomic mass is 32.2. The zero-order chi connectivity index (χ0) is 24.1. The fourth-order valence-electron chi connectivity index (χ4n) is 3.46. The van der Waals surface area contributed by atoms with Gasteiger partial charge in [0.1, 0.15) is 23.0 Å². The van der Waals surface area contributed by atoms with Crippen LogP contribution in [0.25, 0.3) is 17.1 Å². The molecule has 0 unspecified atom stereocenters. The minimum Gasteiger partial charge on any atom is -0.494 e. The van der Waals surface area contributed by atoms with Crippen LogP contribution < -0.4 is 14.2 Å². The second-order valence-corrected chi connectivity index (χ2v) is 9.10. The minimum atomic E-state index is 0.177. The SMILES string of the molecule is COc1cccc(OC)c1-n1c(NS[C@@H](C)Cc2ncc(C)cn2)nnc1-c1cncc(C)c1. The molecule has 4 aromatic rings. The average Bonchev–Trinajstić information content (AvgIpc) is 3.27. The molecule has 3 aromatic heterocycles. The van der Waals surface area contributed by atoms with Crippen LogP contribution in [0.2, 0.25) is 0 Å². The molecule has 1 aromatic carbocycles. The number of anilines is 1. The summed E-state index contributed by atoms with van der Waals surface area (Å²) in [6.07, 6.45) is 7.94. The van der Waals surface area contributed by atoms with Crippen molar-refractivity contribution in [1.82, 2.24) is 29.7 Å². The van der Waals surface area contributed by atoms with E-state index in [1.165, 1.54) is 11.9 Å². The number of aromatic nitrogens is 6. The van der Waals surface area contributed by atoms with E-state index in [4.69, 9.17) is 9.47 Å². The number of rotatable bonds is 9. The van der Waals surface area contributed by atoms with Crippen molar-refractivity contribution in [3.63, 3.8) is 0 Å². The van der Waals surface area contributed by atoms with E-state index in [9.17, 15) is 0 Å². The first-order valence-corrected chi connectivity index (χ1v) is 11.7. The first-order chi connectivity index (χ1) is 16.5. The number of pyridine rings is 1. The van der Waals surface area contributed by atoms with Crippen LogP contribution >= 0.6 is 11.9 Å². The fourth-order valence-corrected chi connectivity index (χ4v) is 4.13. The van der Waals surface area contributed by atoms with E-state index >= 15 is 0 Å². The van der Waals surface area contributed by atoms with Gasteiger partial charge in [-0.05, 0) is 55.1 Å². The molecule has 0 radical (unpaired) electrons. The lowest BCUT2D eigenvalue weighted by atomic mass is 10.2. The number of aryl methyl sites for hydroxylation is 2. The Bertz CT molecular complexity index is 1240. The summed E-state index contributed by atoms with van der Waals surface area (Å²) in [5, 5.41) is 9.12. The highest BCUT2D eigenvalue weighted by Crippen LogP contribution is 2.38. The van der Waals surface area contributed by atoms with Crippen LogP contribution in [0.4, 0.5) is 5.95 Å². The van der Waals surface area contributed by atoms with Crippen LogP contribution in [0.15, 0.2) is 49.1 Å². The normalized spacial score (nSPS) is 11.8. The van der Waals surface area contributed by atoms with Crippen LogP contribution in [0.1, 0.15) is 23.9 Å². The molecule has 4 rings (SSSR count). The number of nitrogens with one attached hydrogen (secondary N) is 1. The summed E-state index contributed by atoms with van der Waals surface area (Å²) in [5.41, 5.74) is 3.60. The highest BCUT2D eigenvalue weighted by Gasteiger charge is 2.23. The van der Waals surface area contributed by atoms with Gasteiger partial charge in [0.15, 0.2) is 5.82 Å². The Hall–Kier alpha value is -3.66. The van der Waals surface area contributed by atoms with E-state index in [0.717, 1.165) is 22.5 Å². The molecular formula is C24H27N7O2S. The van der Waals surface area contributed by atoms with Gasteiger partial charge in [-0.15, -0.1) is 10.2 Å². The van der Waals surface area contributed by atoms with Crippen molar-refractivity contribution in [3.8, 4) is 28.6 Å². The van der Waals surface area contributed by atoms with Crippen molar-refractivity contribution in [3.05, 3.63) is 66.0 Å². The van der Waals surface area contributed by atoms with Gasteiger partial charge in [-0.3, -0.25) is 14.3 Å². The summed E-state index contributed by atoms with van der Waals surface area (Å²) in [6.45, 7) is 6.07. The van der Waals surface area contributed by atoms with E-state index < -0.39 is 0 Å². The van der Waals surface area contributed by atoms with Crippen LogP contribution in [0.5, 0.6) is 11.5 Å². The van der Waals surface area contributed by atoms with Gasteiger partial charge in [0, 0.05) is 42.0 Å². The van der Waals surface area contributed by atoms with Gasteiger partial charge in [-0.25, -0.2) is 9.97 Å². The molecular weight excluding hydrogens is 450 g/mol. The fraction of sp³-hybridized carbons (Fsp3) is 0.292. The summed E-state index contributed by atoms with van der Waals surface area (Å²) < 4.78 is 16.6. The Kier molecular flexibility index (Phi) is 7.27. The zero-order valence-electron chi connectivity index (χ0n) is 19.8. The van der Waals surface area contributed by atoms with Crippen molar-refractivity contribution >= 4 is 17.9 Å². The van der Waals surface area contributed by atoms with Gasteiger partial charge in [0.2, 0.25) is 5.95 Å². The van der Waals surface area contributed by atoms with Crippen LogP contribution in [0, 0.1) is 13.8 Å². The summed E-state index contributed by atoms with van der Waals surface area (Å²) in [4.78, 5) is 13.2. The molecule has 1 N–H and O–H groups in total. The molecule has 0 saturated heterocycles. The van der Waals surface area contributed by atoms with Crippen molar-refractivity contribution < 1.29 is 9.47 Å². The molecule has 0 fully saturated rings. The summed E-state index contributed by atoms with van der Waals surface area (Å²) >= 11 is 1.53. The topological polar surface area (TPSA) is 99.9 Å². The number of methoxy groups -OCH3 is 2. The Morgan fingerprint density at radius 2 is 1.68 bits per heavy atom. The van der Waals surface area contributed by atoms with Gasteiger partial charge >= 0.3 is 0 Å². The first kappa shape index (κ1) is 23.5. The average molecular weight is 478 g/mol. The monoisotopic (exact) mass is 477 g/mol. The number of hydrogen-bond acceptors (Lipinski definition) is 9. The van der Waals surface area contributed by atoms with Gasteiger partial charge in [0.05, 0.1) is 14.2 Å². The molecule has 0 spiro atoms. The third kappa shape index (κ3) is 5.12. The maximum atomic E-state index is 5.67. The molecule has 0 aliphatic carbocycles. The summed E-state index contributed by atoms with van der Waals surface area (Å²) in [6, 6.07) is 7.66. The molecule has 10 heteroatoms. The molecule has 0 aliphatic rings. The summed E-state index contributed by atoms with van der Waals surface area (Å²) in [5.74, 6) is 3.23. The molecule has 176 valence electrons. The Morgan fingerprint density at radius 1 is 0.971 bits per heavy atom. The Balaban J connectivity index is 1.70. The number of ether oxygens (including phenoxy) is 2. The third-order valence-corrected chi connectivity index (χ3v) is 5.95. The van der Waals surface area contributed by atoms with Crippen LogP contribution in [-0.4, -0.2) is 49.2 Å². The second-order valence-electron chi connectivity index (χ2n) is 7.86. The molecule has 1 atom stereocenters. The lowest BCUT2D eigenvalue weighted by Crippen LogP contribution is -2.11. The predicted molar refractivity (Wildman–Crippen MR) is 134 cm³/mol. The van der Waals surface area contributed by atoms with Crippen molar-refractivity contribution in [2.45, 2.75) is 32.4 Å². The van der Waals surface area contributed by atoms with E-state index in [1.54, 1.807) is 26.6 Å². The molecule has 0 saturated carbocycles. The van der Waals surface area contributed by atoms with Crippen molar-refractivity contribution in [1.29, 1.82) is 0 Å². The molecule has 0 amide bonds. The highest BCUT2D eigenvalue weighted by molar-refractivity contribution is 8.01. The van der Waals surface area contributed by atoms with E-state index in [2.05, 4.69) is 36.8 Å². The zero-order valence-corrected chi connectivity index (χ0v) is 20.6. The second kappa shape index (κ2) is 10.5. The van der Waals surface area contributed by atoms with E-state index in [0.29, 0.717) is 35.4 Å². The lowest BCUT2D eigenvalue weighted by Gasteiger charge is -2.18. The molecule has 34 heavy (non-hydrogen) atoms. The Labute approximate surface area is 203 Å². The molecule has 0 aliphatic heterocycles.